The Hall–Kier alpha value is -5.10. The second-order valence-corrected chi connectivity index (χ2v) is 11.5. The van der Waals surface area contributed by atoms with E-state index in [0.29, 0.717) is 10.9 Å². The van der Waals surface area contributed by atoms with E-state index in [9.17, 15) is 26.3 Å². The molecule has 0 saturated carbocycles. The summed E-state index contributed by atoms with van der Waals surface area (Å²) in [4.78, 5) is 0. The van der Waals surface area contributed by atoms with E-state index in [0.717, 1.165) is 71.7 Å². The summed E-state index contributed by atoms with van der Waals surface area (Å²) in [5.41, 5.74) is 0.783. The van der Waals surface area contributed by atoms with Crippen LogP contribution in [0, 0.1) is 6.92 Å². The van der Waals surface area contributed by atoms with Crippen LogP contribution in [-0.2, 0) is 12.4 Å². The first-order chi connectivity index (χ1) is 21.5. The number of alkyl halides is 6. The van der Waals surface area contributed by atoms with E-state index in [1.807, 2.05) is 42.5 Å². The molecule has 0 aromatic heterocycles. The molecule has 0 radical (unpaired) electrons. The number of aryl methyl sites for hydroxylation is 1. The van der Waals surface area contributed by atoms with Gasteiger partial charge in [-0.05, 0) is 107 Å². The fraction of sp³-hybridized carbons (Fsp3) is 0.0769. The molecule has 8 aromatic carbocycles. The van der Waals surface area contributed by atoms with Gasteiger partial charge in [0.2, 0.25) is 0 Å². The third-order valence-corrected chi connectivity index (χ3v) is 9.03. The topological polar surface area (TPSA) is 0 Å². The van der Waals surface area contributed by atoms with E-state index < -0.39 is 23.5 Å². The third-order valence-electron chi connectivity index (χ3n) is 9.03. The van der Waals surface area contributed by atoms with Crippen molar-refractivity contribution in [2.45, 2.75) is 19.3 Å². The summed E-state index contributed by atoms with van der Waals surface area (Å²) in [6, 6.07) is 33.6. The van der Waals surface area contributed by atoms with Crippen LogP contribution in [0.2, 0.25) is 0 Å². The minimum absolute atomic E-state index is 0.133. The van der Waals surface area contributed by atoms with Gasteiger partial charge in [0.25, 0.3) is 0 Å². The predicted octanol–water partition coefficient (Wildman–Crippen LogP) is 12.6. The Kier molecular flexibility index (Phi) is 5.76. The van der Waals surface area contributed by atoms with Crippen molar-refractivity contribution in [3.8, 4) is 22.3 Å². The van der Waals surface area contributed by atoms with Crippen LogP contribution >= 0.6 is 0 Å². The largest absolute Gasteiger partial charge is 0.416 e. The molecule has 0 nitrogen and oxygen atoms in total. The lowest BCUT2D eigenvalue weighted by molar-refractivity contribution is -0.143. The van der Waals surface area contributed by atoms with Crippen LogP contribution in [0.15, 0.2) is 115 Å². The molecule has 0 fully saturated rings. The Labute approximate surface area is 253 Å². The van der Waals surface area contributed by atoms with Crippen molar-refractivity contribution < 1.29 is 26.3 Å². The average molecular weight is 605 g/mol. The fourth-order valence-electron chi connectivity index (χ4n) is 7.02. The van der Waals surface area contributed by atoms with Crippen molar-refractivity contribution in [2.24, 2.45) is 0 Å². The van der Waals surface area contributed by atoms with Crippen LogP contribution < -0.4 is 0 Å². The highest BCUT2D eigenvalue weighted by atomic mass is 19.4. The molecule has 0 amide bonds. The minimum atomic E-state index is -4.94. The zero-order chi connectivity index (χ0) is 31.2. The fourth-order valence-corrected chi connectivity index (χ4v) is 7.02. The van der Waals surface area contributed by atoms with Crippen molar-refractivity contribution >= 4 is 53.9 Å². The van der Waals surface area contributed by atoms with Gasteiger partial charge in [-0.25, -0.2) is 0 Å². The van der Waals surface area contributed by atoms with Crippen molar-refractivity contribution in [2.75, 3.05) is 0 Å². The first kappa shape index (κ1) is 27.4. The van der Waals surface area contributed by atoms with E-state index >= 15 is 0 Å². The molecule has 8 aromatic rings. The van der Waals surface area contributed by atoms with Crippen LogP contribution in [-0.4, -0.2) is 0 Å². The Balaban J connectivity index is 1.47. The molecule has 0 atom stereocenters. The molecular formula is C39H22F6. The minimum Gasteiger partial charge on any atom is -0.166 e. The van der Waals surface area contributed by atoms with Gasteiger partial charge in [0.1, 0.15) is 0 Å². The van der Waals surface area contributed by atoms with Gasteiger partial charge in [0.05, 0.1) is 11.1 Å². The molecule has 0 N–H and O–H groups in total. The van der Waals surface area contributed by atoms with Gasteiger partial charge in [-0.1, -0.05) is 97.1 Å². The van der Waals surface area contributed by atoms with Gasteiger partial charge < -0.3 is 0 Å². The quantitative estimate of drug-likeness (QED) is 0.105. The maximum absolute atomic E-state index is 13.8. The van der Waals surface area contributed by atoms with E-state index in [2.05, 4.69) is 43.3 Å². The van der Waals surface area contributed by atoms with Gasteiger partial charge in [0, 0.05) is 0 Å². The number of fused-ring (bicyclic) bond motifs is 2. The number of rotatable bonds is 2. The maximum atomic E-state index is 13.8. The van der Waals surface area contributed by atoms with Crippen molar-refractivity contribution in [3.63, 3.8) is 0 Å². The highest BCUT2D eigenvalue weighted by Crippen LogP contribution is 2.47. The highest BCUT2D eigenvalue weighted by Gasteiger charge is 2.37. The number of hydrogen-bond donors (Lipinski definition) is 0. The van der Waals surface area contributed by atoms with Crippen LogP contribution in [0.25, 0.3) is 76.1 Å². The molecule has 0 spiro atoms. The van der Waals surface area contributed by atoms with Gasteiger partial charge >= 0.3 is 12.4 Å². The average Bonchev–Trinajstić information content (AvgIpc) is 3.03. The number of benzene rings is 8. The lowest BCUT2D eigenvalue weighted by atomic mass is 9.84. The molecule has 0 bridgehead atoms. The van der Waals surface area contributed by atoms with Crippen molar-refractivity contribution in [3.05, 3.63) is 132 Å². The van der Waals surface area contributed by atoms with Gasteiger partial charge in [-0.2, -0.15) is 26.3 Å². The van der Waals surface area contributed by atoms with Gasteiger partial charge in [-0.15, -0.1) is 0 Å². The van der Waals surface area contributed by atoms with E-state index in [-0.39, 0.29) is 11.6 Å². The lowest BCUT2D eigenvalue weighted by Gasteiger charge is -2.20. The summed E-state index contributed by atoms with van der Waals surface area (Å²) in [6.45, 7) is 2.12. The Morgan fingerprint density at radius 3 is 1.33 bits per heavy atom. The van der Waals surface area contributed by atoms with Crippen LogP contribution in [0.3, 0.4) is 0 Å². The van der Waals surface area contributed by atoms with Crippen molar-refractivity contribution in [1.82, 2.24) is 0 Å². The standard InChI is InChI=1S/C39H22F6/c1-21-27-6-2-4-8-30(27)37(31-9-5-3-7-28(21)31)34-17-13-23-11-15-32-29(14-10-22-12-16-33(34)36(23)35(22)32)24-18-25(38(40,41)42)20-26(19-24)39(43,44)45/h2-20H,1H3. The van der Waals surface area contributed by atoms with E-state index in [4.69, 9.17) is 0 Å². The highest BCUT2D eigenvalue weighted by molar-refractivity contribution is 6.29. The summed E-state index contributed by atoms with van der Waals surface area (Å²) in [5.74, 6) is 0. The molecule has 6 heteroatoms. The van der Waals surface area contributed by atoms with Gasteiger partial charge in [-0.3, -0.25) is 0 Å². The Bertz CT molecular complexity index is 2380. The van der Waals surface area contributed by atoms with E-state index in [1.54, 1.807) is 18.2 Å². The first-order valence-electron chi connectivity index (χ1n) is 14.4. The predicted molar refractivity (Wildman–Crippen MR) is 171 cm³/mol. The molecule has 0 unspecified atom stereocenters. The van der Waals surface area contributed by atoms with E-state index in [1.165, 1.54) is 5.56 Å². The molecule has 8 rings (SSSR count). The molecule has 0 aliphatic carbocycles. The smallest absolute Gasteiger partial charge is 0.166 e. The number of hydrogen-bond acceptors (Lipinski definition) is 0. The molecule has 45 heavy (non-hydrogen) atoms. The molecule has 0 saturated heterocycles. The Morgan fingerprint density at radius 2 is 0.844 bits per heavy atom. The third kappa shape index (κ3) is 4.16. The second kappa shape index (κ2) is 9.45. The molecule has 0 heterocycles. The molecule has 0 aliphatic heterocycles. The van der Waals surface area contributed by atoms with Gasteiger partial charge in [0.15, 0.2) is 0 Å². The van der Waals surface area contributed by atoms with Crippen LogP contribution in [0.1, 0.15) is 16.7 Å². The SMILES string of the molecule is Cc1c2ccccc2c(-c2ccc3ccc4c(-c5cc(C(F)(F)F)cc(C(F)(F)F)c5)ccc5ccc2c3c54)c2ccccc12. The van der Waals surface area contributed by atoms with Crippen LogP contribution in [0.5, 0.6) is 0 Å². The normalized spacial score (nSPS) is 12.8. The number of halogens is 6. The monoisotopic (exact) mass is 604 g/mol. The molecule has 0 aliphatic rings. The maximum Gasteiger partial charge on any atom is 0.416 e. The summed E-state index contributed by atoms with van der Waals surface area (Å²) in [5, 5.41) is 9.55. The first-order valence-corrected chi connectivity index (χ1v) is 14.4. The molecular weight excluding hydrogens is 582 g/mol. The zero-order valence-corrected chi connectivity index (χ0v) is 23.7. The van der Waals surface area contributed by atoms with Crippen molar-refractivity contribution in [1.29, 1.82) is 0 Å². The second-order valence-electron chi connectivity index (χ2n) is 11.5. The Morgan fingerprint density at radius 1 is 0.422 bits per heavy atom. The van der Waals surface area contributed by atoms with Crippen LogP contribution in [0.4, 0.5) is 26.3 Å². The summed E-state index contributed by atoms with van der Waals surface area (Å²) in [7, 11) is 0. The zero-order valence-electron chi connectivity index (χ0n) is 23.7. The molecule has 220 valence electrons. The summed E-state index contributed by atoms with van der Waals surface area (Å²) in [6.07, 6.45) is -9.87. The summed E-state index contributed by atoms with van der Waals surface area (Å²) < 4.78 is 82.7. The lowest BCUT2D eigenvalue weighted by Crippen LogP contribution is -2.11. The summed E-state index contributed by atoms with van der Waals surface area (Å²) >= 11 is 0.